The van der Waals surface area contributed by atoms with Gasteiger partial charge in [-0.3, -0.25) is 19.2 Å². The Balaban J connectivity index is 1.00. The van der Waals surface area contributed by atoms with Crippen LogP contribution in [-0.4, -0.2) is 180 Å². The third-order valence-corrected chi connectivity index (χ3v) is 20.8. The predicted octanol–water partition coefficient (Wildman–Crippen LogP) is 1.32. The van der Waals surface area contributed by atoms with Gasteiger partial charge >= 0.3 is 17.9 Å². The van der Waals surface area contributed by atoms with Crippen molar-refractivity contribution in [3.05, 3.63) is 48.1 Å². The summed E-state index contributed by atoms with van der Waals surface area (Å²) in [4.78, 5) is 95.5. The zero-order valence-electron chi connectivity index (χ0n) is 46.9. The van der Waals surface area contributed by atoms with Gasteiger partial charge in [0.1, 0.15) is 48.7 Å². The van der Waals surface area contributed by atoms with Crippen molar-refractivity contribution in [2.24, 2.45) is 50.2 Å². The van der Waals surface area contributed by atoms with Crippen LogP contribution in [0.4, 0.5) is 0 Å². The summed E-state index contributed by atoms with van der Waals surface area (Å²) in [5.41, 5.74) is -1.33. The first kappa shape index (κ1) is 59.4. The van der Waals surface area contributed by atoms with Gasteiger partial charge in [-0.25, -0.2) is 19.6 Å². The summed E-state index contributed by atoms with van der Waals surface area (Å²) in [5.74, 6) is -5.33. The van der Waals surface area contributed by atoms with Crippen LogP contribution in [0.3, 0.4) is 0 Å². The van der Waals surface area contributed by atoms with E-state index in [2.05, 4.69) is 58.3 Å². The molecule has 24 nitrogen and oxygen atoms in total. The number of carbonyl (C=O) groups excluding carboxylic acids is 5. The number of ether oxygens (including phenoxy) is 6. The number of ketones is 1. The van der Waals surface area contributed by atoms with Crippen LogP contribution in [0.1, 0.15) is 118 Å². The van der Waals surface area contributed by atoms with Crippen molar-refractivity contribution in [2.45, 2.75) is 199 Å². The monoisotopic (exact) mass is 1120 g/mol. The van der Waals surface area contributed by atoms with Crippen LogP contribution in [0.15, 0.2) is 36.7 Å². The Morgan fingerprint density at radius 2 is 1.25 bits per heavy atom. The van der Waals surface area contributed by atoms with Crippen LogP contribution in [-0.2, 0) is 70.0 Å². The number of carbonyl (C=O) groups is 6. The molecule has 2 aliphatic heterocycles. The van der Waals surface area contributed by atoms with Gasteiger partial charge in [0.15, 0.2) is 30.6 Å². The SMILES string of the molecule is COC(=O)[C@H](Cc1cnc[nH]1)NC(=O)[C@H]1O[C@@H](O[C@H]2[C@H](O[C@H]3CC[C@]4(C)[C@H]5C(=O)C=C6[C@@H]7C[C@@](C)(C(=O)O)CC[C@]7(C)CC[C@@]6(C)[C@]5(C)CC[C@H]4C3(C)C)O[C@H](C(=O)N[C@@H](Cc3cnc[nH]3)C(=O)OC)[C@@H](O)[C@@H]2O)[C@H](O)[C@@H](O)[C@@H]1O. The molecule has 5 aliphatic carbocycles. The molecular formula is C56H80N6O18. The van der Waals surface area contributed by atoms with E-state index in [-0.39, 0.29) is 35.9 Å². The molecule has 442 valence electrons. The zero-order chi connectivity index (χ0) is 58.2. The lowest BCUT2D eigenvalue weighted by molar-refractivity contribution is -0.369. The maximum Gasteiger partial charge on any atom is 0.328 e. The molecule has 2 saturated heterocycles. The Morgan fingerprint density at radius 1 is 0.700 bits per heavy atom. The number of aliphatic hydroxyl groups excluding tert-OH is 5. The highest BCUT2D eigenvalue weighted by Crippen LogP contribution is 2.75. The van der Waals surface area contributed by atoms with Crippen molar-refractivity contribution in [2.75, 3.05) is 14.2 Å². The summed E-state index contributed by atoms with van der Waals surface area (Å²) >= 11 is 0. The van der Waals surface area contributed by atoms with Crippen LogP contribution in [0.5, 0.6) is 0 Å². The quantitative estimate of drug-likeness (QED) is 0.0888. The number of methoxy groups -OCH3 is 2. The Labute approximate surface area is 463 Å². The van der Waals surface area contributed by atoms with E-state index in [0.717, 1.165) is 39.1 Å². The van der Waals surface area contributed by atoms with Gasteiger partial charge in [0.25, 0.3) is 11.8 Å². The van der Waals surface area contributed by atoms with Gasteiger partial charge in [-0.2, -0.15) is 0 Å². The average Bonchev–Trinajstić information content (AvgIpc) is 4.27. The fraction of sp³-hybridized carbons (Fsp3) is 0.750. The second-order valence-corrected chi connectivity index (χ2v) is 25.7. The number of imidazole rings is 2. The number of aromatic nitrogens is 4. The van der Waals surface area contributed by atoms with E-state index in [4.69, 9.17) is 28.4 Å². The van der Waals surface area contributed by atoms with E-state index in [0.29, 0.717) is 49.9 Å². The summed E-state index contributed by atoms with van der Waals surface area (Å²) in [6.07, 6.45) is -8.07. The largest absolute Gasteiger partial charge is 0.481 e. The number of carboxylic acid groups (broad SMARTS) is 1. The third kappa shape index (κ3) is 10.1. The standard InChI is InChI=1S/C56H80N6O18/c1-51(2)33-10-13-56(7)43(32(63)20-28-29-21-53(4,50(73)74)15-14-52(29,3)16-17-55(28,56)6)54(33,5)12-11-34(51)77-49-42(38(67)37(66)41(79-49)45(70)62-31(47(72)76-9)19-27-23-58-25-60-27)80-48-39(68)35(64)36(65)40(78-48)44(69)61-30(46(71)75-8)18-26-22-57-24-59-26/h20,22-25,29-31,33-43,48-49,64-68H,10-19,21H2,1-9H3,(H,57,59)(H,58,60)(H,61,69)(H,62,70)(H,73,74)/t29-,30-,31-,33-,34-,35-,36-,37-,38-,39+,40-,41-,42+,43+,48-,49+,52+,53-,54-,55+,56+/m0/s1. The number of carboxylic acids is 1. The van der Waals surface area contributed by atoms with Crippen molar-refractivity contribution >= 4 is 35.5 Å². The highest BCUT2D eigenvalue weighted by atomic mass is 16.8. The molecule has 0 unspecified atom stereocenters. The molecule has 9 rings (SSSR count). The van der Waals surface area contributed by atoms with Crippen molar-refractivity contribution in [3.8, 4) is 0 Å². The number of aromatic amines is 2. The first-order valence-electron chi connectivity index (χ1n) is 27.8. The first-order chi connectivity index (χ1) is 37.6. The third-order valence-electron chi connectivity index (χ3n) is 20.8. The van der Waals surface area contributed by atoms with Crippen LogP contribution >= 0.6 is 0 Å². The van der Waals surface area contributed by atoms with Crippen LogP contribution in [0, 0.1) is 50.2 Å². The minimum atomic E-state index is -2.13. The molecule has 80 heavy (non-hydrogen) atoms. The highest BCUT2D eigenvalue weighted by Gasteiger charge is 2.71. The molecule has 2 aromatic rings. The lowest BCUT2D eigenvalue weighted by Crippen LogP contribution is -2.69. The van der Waals surface area contributed by atoms with E-state index in [1.54, 1.807) is 0 Å². The Morgan fingerprint density at radius 3 is 1.79 bits per heavy atom. The topological polar surface area (TPSA) is 361 Å². The van der Waals surface area contributed by atoms with E-state index < -0.39 is 142 Å². The van der Waals surface area contributed by atoms with E-state index in [9.17, 15) is 54.6 Å². The average molecular weight is 1130 g/mol. The molecule has 6 fully saturated rings. The van der Waals surface area contributed by atoms with Gasteiger partial charge in [-0.05, 0) is 110 Å². The number of nitrogens with one attached hydrogen (secondary N) is 4. The van der Waals surface area contributed by atoms with E-state index in [1.165, 1.54) is 25.0 Å². The summed E-state index contributed by atoms with van der Waals surface area (Å²) < 4.78 is 35.2. The maximum absolute atomic E-state index is 15.2. The predicted molar refractivity (Wildman–Crippen MR) is 277 cm³/mol. The number of amides is 2. The molecule has 0 spiro atoms. The summed E-state index contributed by atoms with van der Waals surface area (Å²) in [7, 11) is 2.23. The number of fused-ring (bicyclic) bond motifs is 7. The number of aliphatic hydroxyl groups is 5. The fourth-order valence-corrected chi connectivity index (χ4v) is 15.8. The van der Waals surface area contributed by atoms with Crippen molar-refractivity contribution in [1.29, 1.82) is 0 Å². The normalized spacial score (nSPS) is 41.9. The maximum atomic E-state index is 15.2. The minimum absolute atomic E-state index is 0.0333. The van der Waals surface area contributed by atoms with Crippen LogP contribution in [0.25, 0.3) is 0 Å². The molecule has 21 atom stereocenters. The smallest absolute Gasteiger partial charge is 0.328 e. The number of H-pyrrole nitrogens is 2. The molecule has 0 aromatic carbocycles. The lowest BCUT2D eigenvalue weighted by Gasteiger charge is -2.70. The Bertz CT molecular complexity index is 2690. The van der Waals surface area contributed by atoms with Crippen molar-refractivity contribution in [3.63, 3.8) is 0 Å². The number of aliphatic carboxylic acids is 1. The summed E-state index contributed by atoms with van der Waals surface area (Å²) in [6.45, 7) is 14.8. The van der Waals surface area contributed by atoms with Gasteiger partial charge in [0, 0.05) is 42.5 Å². The number of hydrogen-bond acceptors (Lipinski definition) is 19. The van der Waals surface area contributed by atoms with Gasteiger partial charge in [-0.15, -0.1) is 0 Å². The number of rotatable bonds is 15. The van der Waals surface area contributed by atoms with Gasteiger partial charge in [0.05, 0.1) is 38.4 Å². The second kappa shape index (κ2) is 21.9. The van der Waals surface area contributed by atoms with Crippen LogP contribution in [0.2, 0.25) is 0 Å². The van der Waals surface area contributed by atoms with Gasteiger partial charge in [-0.1, -0.05) is 47.1 Å². The van der Waals surface area contributed by atoms with Crippen molar-refractivity contribution < 1.29 is 87.8 Å². The lowest BCUT2D eigenvalue weighted by atomic mass is 9.33. The molecule has 4 heterocycles. The highest BCUT2D eigenvalue weighted by molar-refractivity contribution is 5.96. The molecule has 2 amide bonds. The molecular weight excluding hydrogens is 1040 g/mol. The molecule has 0 bridgehead atoms. The number of esters is 2. The number of hydrogen-bond donors (Lipinski definition) is 10. The van der Waals surface area contributed by atoms with Crippen LogP contribution < -0.4 is 10.6 Å². The Hall–Kier alpha value is -5.18. The van der Waals surface area contributed by atoms with E-state index in [1.807, 2.05) is 26.8 Å². The first-order valence-corrected chi connectivity index (χ1v) is 27.8. The fourth-order valence-electron chi connectivity index (χ4n) is 15.8. The molecule has 0 radical (unpaired) electrons. The molecule has 10 N–H and O–H groups in total. The number of allylic oxidation sites excluding steroid dienone is 2. The Kier molecular flexibility index (Phi) is 16.2. The van der Waals surface area contributed by atoms with Gasteiger partial charge < -0.3 is 79.7 Å². The molecule has 4 saturated carbocycles. The number of nitrogens with zero attached hydrogens (tertiary/aromatic N) is 2. The van der Waals surface area contributed by atoms with E-state index >= 15 is 4.79 Å². The van der Waals surface area contributed by atoms with Crippen molar-refractivity contribution in [1.82, 2.24) is 30.6 Å². The second-order valence-electron chi connectivity index (χ2n) is 25.7. The molecule has 2 aromatic heterocycles. The molecule has 7 aliphatic rings. The summed E-state index contributed by atoms with van der Waals surface area (Å²) in [6, 6.07) is -2.68. The molecule has 24 heteroatoms. The summed E-state index contributed by atoms with van der Waals surface area (Å²) in [5, 5.41) is 73.0. The zero-order valence-corrected chi connectivity index (χ0v) is 46.9. The minimum Gasteiger partial charge on any atom is -0.481 e. The van der Waals surface area contributed by atoms with Gasteiger partial charge in [0.2, 0.25) is 0 Å².